The van der Waals surface area contributed by atoms with Crippen molar-refractivity contribution in [3.8, 4) is 5.69 Å². The van der Waals surface area contributed by atoms with Gasteiger partial charge < -0.3 is 10.2 Å². The average molecular weight is 307 g/mol. The summed E-state index contributed by atoms with van der Waals surface area (Å²) in [6.07, 6.45) is 0. The molecule has 0 saturated carbocycles. The molecule has 2 rings (SSSR count). The summed E-state index contributed by atoms with van der Waals surface area (Å²) in [5, 5.41) is 7.88. The third-order valence-corrected chi connectivity index (χ3v) is 3.29. The van der Waals surface area contributed by atoms with Gasteiger partial charge in [-0.15, -0.1) is 0 Å². The van der Waals surface area contributed by atoms with Gasteiger partial charge in [-0.05, 0) is 51.4 Å². The monoisotopic (exact) mass is 306 g/mol. The third kappa shape index (κ3) is 4.06. The third-order valence-electron chi connectivity index (χ3n) is 3.04. The molecule has 0 unspecified atom stereocenters. The molecule has 1 amide bonds. The van der Waals surface area contributed by atoms with Crippen LogP contribution >= 0.6 is 11.6 Å². The summed E-state index contributed by atoms with van der Waals surface area (Å²) < 4.78 is 1.73. The van der Waals surface area contributed by atoms with Gasteiger partial charge in [0.15, 0.2) is 5.69 Å². The molecule has 0 aliphatic carbocycles. The maximum absolute atomic E-state index is 12.1. The zero-order valence-corrected chi connectivity index (χ0v) is 13.2. The summed E-state index contributed by atoms with van der Waals surface area (Å²) in [5.41, 5.74) is 2.19. The Kier molecular flexibility index (Phi) is 4.98. The highest BCUT2D eigenvalue weighted by Gasteiger charge is 2.12. The first kappa shape index (κ1) is 15.5. The Balaban J connectivity index is 2.11. The van der Waals surface area contributed by atoms with Gasteiger partial charge in [0.2, 0.25) is 0 Å². The van der Waals surface area contributed by atoms with Gasteiger partial charge in [0.25, 0.3) is 5.91 Å². The highest BCUT2D eigenvalue weighted by atomic mass is 35.5. The van der Waals surface area contributed by atoms with Crippen LogP contribution in [0.15, 0.2) is 30.3 Å². The molecule has 2 aromatic rings. The first-order chi connectivity index (χ1) is 9.97. The van der Waals surface area contributed by atoms with E-state index in [1.54, 1.807) is 22.9 Å². The van der Waals surface area contributed by atoms with Crippen molar-refractivity contribution in [2.75, 3.05) is 27.2 Å². The molecule has 0 radical (unpaired) electrons. The Morgan fingerprint density at radius 2 is 2.00 bits per heavy atom. The van der Waals surface area contributed by atoms with E-state index in [0.717, 1.165) is 17.9 Å². The van der Waals surface area contributed by atoms with Gasteiger partial charge in [-0.2, -0.15) is 5.10 Å². The molecule has 6 heteroatoms. The van der Waals surface area contributed by atoms with E-state index in [1.165, 1.54) is 0 Å². The Hall–Kier alpha value is -1.85. The molecule has 0 aliphatic heterocycles. The fourth-order valence-electron chi connectivity index (χ4n) is 1.91. The normalized spacial score (nSPS) is 10.9. The fourth-order valence-corrected chi connectivity index (χ4v) is 2.04. The Morgan fingerprint density at radius 1 is 1.33 bits per heavy atom. The van der Waals surface area contributed by atoms with Crippen molar-refractivity contribution in [1.82, 2.24) is 20.0 Å². The number of aromatic nitrogens is 2. The zero-order valence-electron chi connectivity index (χ0n) is 12.4. The van der Waals surface area contributed by atoms with Gasteiger partial charge in [0.1, 0.15) is 0 Å². The van der Waals surface area contributed by atoms with Crippen molar-refractivity contribution in [3.63, 3.8) is 0 Å². The van der Waals surface area contributed by atoms with Crippen molar-refractivity contribution in [2.24, 2.45) is 0 Å². The lowest BCUT2D eigenvalue weighted by molar-refractivity contribution is 0.0945. The number of amides is 1. The van der Waals surface area contributed by atoms with Crippen LogP contribution in [-0.4, -0.2) is 47.8 Å². The summed E-state index contributed by atoms with van der Waals surface area (Å²) in [7, 11) is 3.93. The molecule has 0 saturated heterocycles. The molecule has 5 nitrogen and oxygen atoms in total. The molecule has 0 bridgehead atoms. The zero-order chi connectivity index (χ0) is 15.4. The van der Waals surface area contributed by atoms with E-state index < -0.39 is 0 Å². The molecule has 1 heterocycles. The van der Waals surface area contributed by atoms with Crippen LogP contribution in [0.4, 0.5) is 0 Å². The molecule has 112 valence electrons. The number of halogens is 1. The van der Waals surface area contributed by atoms with E-state index in [-0.39, 0.29) is 5.91 Å². The minimum absolute atomic E-state index is 0.160. The van der Waals surface area contributed by atoms with E-state index >= 15 is 0 Å². The molecule has 21 heavy (non-hydrogen) atoms. The summed E-state index contributed by atoms with van der Waals surface area (Å²) in [6, 6.07) is 9.12. The van der Waals surface area contributed by atoms with Gasteiger partial charge in [0.05, 0.1) is 5.69 Å². The van der Waals surface area contributed by atoms with Crippen LogP contribution in [0.1, 0.15) is 16.2 Å². The standard InChI is InChI=1S/C15H19ClN4O/c1-11-10-14(15(21)17-8-9-19(2)3)18-20(11)13-6-4-12(16)5-7-13/h4-7,10H,8-9H2,1-3H3,(H,17,21). The van der Waals surface area contributed by atoms with Crippen LogP contribution in [-0.2, 0) is 0 Å². The second kappa shape index (κ2) is 6.74. The predicted molar refractivity (Wildman–Crippen MR) is 84.2 cm³/mol. The maximum atomic E-state index is 12.1. The van der Waals surface area contributed by atoms with Crippen LogP contribution in [0, 0.1) is 6.92 Å². The second-order valence-corrected chi connectivity index (χ2v) is 5.55. The highest BCUT2D eigenvalue weighted by Crippen LogP contribution is 2.15. The van der Waals surface area contributed by atoms with Crippen molar-refractivity contribution in [3.05, 3.63) is 46.7 Å². The van der Waals surface area contributed by atoms with Crippen molar-refractivity contribution in [1.29, 1.82) is 0 Å². The Labute approximate surface area is 129 Å². The van der Waals surface area contributed by atoms with Crippen LogP contribution < -0.4 is 5.32 Å². The number of benzene rings is 1. The van der Waals surface area contributed by atoms with Gasteiger partial charge in [-0.25, -0.2) is 4.68 Å². The van der Waals surface area contributed by atoms with Crippen LogP contribution in [0.25, 0.3) is 5.69 Å². The SMILES string of the molecule is Cc1cc(C(=O)NCCN(C)C)nn1-c1ccc(Cl)cc1. The quantitative estimate of drug-likeness (QED) is 0.920. The Morgan fingerprint density at radius 3 is 2.62 bits per heavy atom. The molecule has 0 atom stereocenters. The van der Waals surface area contributed by atoms with Crippen molar-refractivity contribution >= 4 is 17.5 Å². The number of hydrogen-bond donors (Lipinski definition) is 1. The minimum atomic E-state index is -0.160. The van der Waals surface area contributed by atoms with Gasteiger partial charge in [0, 0.05) is 23.8 Å². The van der Waals surface area contributed by atoms with Crippen LogP contribution in [0.2, 0.25) is 5.02 Å². The topological polar surface area (TPSA) is 50.2 Å². The van der Waals surface area contributed by atoms with E-state index in [9.17, 15) is 4.79 Å². The number of nitrogens with zero attached hydrogens (tertiary/aromatic N) is 3. The lowest BCUT2D eigenvalue weighted by Gasteiger charge is -2.09. The van der Waals surface area contributed by atoms with Crippen molar-refractivity contribution in [2.45, 2.75) is 6.92 Å². The minimum Gasteiger partial charge on any atom is -0.349 e. The number of aryl methyl sites for hydroxylation is 1. The number of nitrogens with one attached hydrogen (secondary N) is 1. The average Bonchev–Trinajstić information content (AvgIpc) is 2.81. The second-order valence-electron chi connectivity index (χ2n) is 5.12. The fraction of sp³-hybridized carbons (Fsp3) is 0.333. The van der Waals surface area contributed by atoms with Gasteiger partial charge in [-0.3, -0.25) is 4.79 Å². The number of carbonyl (C=O) groups is 1. The van der Waals surface area contributed by atoms with Crippen molar-refractivity contribution < 1.29 is 4.79 Å². The van der Waals surface area contributed by atoms with E-state index in [1.807, 2.05) is 38.1 Å². The largest absolute Gasteiger partial charge is 0.349 e. The summed E-state index contributed by atoms with van der Waals surface area (Å²) in [5.74, 6) is -0.160. The number of hydrogen-bond acceptors (Lipinski definition) is 3. The molecular formula is C15H19ClN4O. The van der Waals surface area contributed by atoms with Crippen LogP contribution in [0.3, 0.4) is 0 Å². The smallest absolute Gasteiger partial charge is 0.271 e. The lowest BCUT2D eigenvalue weighted by atomic mass is 10.3. The molecule has 1 aromatic heterocycles. The molecule has 0 fully saturated rings. The molecule has 1 aromatic carbocycles. The number of carbonyl (C=O) groups excluding carboxylic acids is 1. The van der Waals surface area contributed by atoms with Gasteiger partial charge in [-0.1, -0.05) is 11.6 Å². The van der Waals surface area contributed by atoms with Crippen LogP contribution in [0.5, 0.6) is 0 Å². The summed E-state index contributed by atoms with van der Waals surface area (Å²) in [6.45, 7) is 3.31. The molecular weight excluding hydrogens is 288 g/mol. The molecule has 1 N–H and O–H groups in total. The maximum Gasteiger partial charge on any atom is 0.271 e. The first-order valence-electron chi connectivity index (χ1n) is 6.73. The summed E-state index contributed by atoms with van der Waals surface area (Å²) >= 11 is 5.88. The number of rotatable bonds is 5. The van der Waals surface area contributed by atoms with Gasteiger partial charge >= 0.3 is 0 Å². The number of likely N-dealkylation sites (N-methyl/N-ethyl adjacent to an activating group) is 1. The van der Waals surface area contributed by atoms with E-state index in [0.29, 0.717) is 17.3 Å². The Bertz CT molecular complexity index is 619. The lowest BCUT2D eigenvalue weighted by Crippen LogP contribution is -2.31. The van der Waals surface area contributed by atoms with E-state index in [2.05, 4.69) is 10.4 Å². The van der Waals surface area contributed by atoms with E-state index in [4.69, 9.17) is 11.6 Å². The first-order valence-corrected chi connectivity index (χ1v) is 7.10. The highest BCUT2D eigenvalue weighted by molar-refractivity contribution is 6.30. The molecule has 0 aliphatic rings. The predicted octanol–water partition coefficient (Wildman–Crippen LogP) is 2.13. The summed E-state index contributed by atoms with van der Waals surface area (Å²) in [4.78, 5) is 14.1. The molecule has 0 spiro atoms.